The lowest BCUT2D eigenvalue weighted by Gasteiger charge is -2.42. The quantitative estimate of drug-likeness (QED) is 0.209. The molecule has 8 N–H and O–H groups in total. The highest BCUT2D eigenvalue weighted by Crippen LogP contribution is 2.44. The molecule has 40 heavy (non-hydrogen) atoms. The lowest BCUT2D eigenvalue weighted by molar-refractivity contribution is -0.431. The van der Waals surface area contributed by atoms with Crippen LogP contribution in [0.1, 0.15) is 38.5 Å². The summed E-state index contributed by atoms with van der Waals surface area (Å²) in [7, 11) is 0. The molecule has 5 saturated heterocycles. The van der Waals surface area contributed by atoms with Crippen LogP contribution < -0.4 is 31.7 Å². The summed E-state index contributed by atoms with van der Waals surface area (Å²) in [5.41, 5.74) is 4.41. The molecule has 7 aliphatic rings. The van der Waals surface area contributed by atoms with Gasteiger partial charge in [0.25, 0.3) is 0 Å². The maximum Gasteiger partial charge on any atom is 0.226 e. The molecule has 0 aromatic carbocycles. The number of hydrogen-bond donors (Lipinski definition) is 6. The van der Waals surface area contributed by atoms with Gasteiger partial charge in [0.05, 0.1) is 48.9 Å². The van der Waals surface area contributed by atoms with E-state index in [9.17, 15) is 9.59 Å². The lowest BCUT2D eigenvalue weighted by atomic mass is 9.83. The normalized spacial score (nSPS) is 45.5. The Labute approximate surface area is 244 Å². The number of quaternary nitrogens is 1. The fourth-order valence-corrected chi connectivity index (χ4v) is 10.4. The fourth-order valence-electron chi connectivity index (χ4n) is 7.74. The van der Waals surface area contributed by atoms with E-state index in [1.165, 1.54) is 25.7 Å². The van der Waals surface area contributed by atoms with Gasteiger partial charge < -0.3 is 25.4 Å². The predicted octanol–water partition coefficient (Wildman–Crippen LogP) is -1.06. The average molecular weight is 595 g/mol. The molecule has 11 nitrogen and oxygen atoms in total. The highest BCUT2D eigenvalue weighted by atomic mass is 32.2. The second-order valence-corrected chi connectivity index (χ2v) is 14.7. The molecule has 1 amide bonds. The summed E-state index contributed by atoms with van der Waals surface area (Å²) in [6.07, 6.45) is 8.45. The van der Waals surface area contributed by atoms with Gasteiger partial charge in [0.1, 0.15) is 11.4 Å². The number of amides is 1. The maximum absolute atomic E-state index is 13.0. The van der Waals surface area contributed by atoms with Gasteiger partial charge in [-0.25, -0.2) is 0 Å². The first-order valence-corrected chi connectivity index (χ1v) is 17.1. The van der Waals surface area contributed by atoms with Gasteiger partial charge in [-0.05, 0) is 31.6 Å². The molecule has 9 unspecified atom stereocenters. The molecule has 1 aliphatic carbocycles. The Morgan fingerprint density at radius 1 is 1.10 bits per heavy atom. The number of nitrogens with one attached hydrogen (secondary N) is 5. The number of fused-ring (bicyclic) bond motifs is 2. The van der Waals surface area contributed by atoms with Crippen molar-refractivity contribution in [2.75, 3.05) is 38.6 Å². The number of thioether (sulfide) groups is 1. The van der Waals surface area contributed by atoms with Crippen LogP contribution in [0.2, 0.25) is 0 Å². The van der Waals surface area contributed by atoms with E-state index >= 15 is 0 Å². The van der Waals surface area contributed by atoms with Crippen molar-refractivity contribution in [1.82, 2.24) is 30.9 Å². The first kappa shape index (κ1) is 27.8. The molecule has 0 aromatic heterocycles. The van der Waals surface area contributed by atoms with Crippen molar-refractivity contribution in [3.8, 4) is 0 Å². The van der Waals surface area contributed by atoms with Crippen LogP contribution in [-0.2, 0) is 19.1 Å². The third-order valence-corrected chi connectivity index (χ3v) is 12.5. The van der Waals surface area contributed by atoms with Crippen molar-refractivity contribution >= 4 is 35.4 Å². The summed E-state index contributed by atoms with van der Waals surface area (Å²) in [6, 6.07) is 1.11. The molecule has 222 valence electrons. The molecule has 0 spiro atoms. The van der Waals surface area contributed by atoms with E-state index in [1.807, 2.05) is 0 Å². The second kappa shape index (κ2) is 11.9. The van der Waals surface area contributed by atoms with Crippen LogP contribution in [0, 0.1) is 17.8 Å². The van der Waals surface area contributed by atoms with Gasteiger partial charge in [0.15, 0.2) is 11.7 Å². The summed E-state index contributed by atoms with van der Waals surface area (Å²) >= 11 is 3.45. The zero-order chi connectivity index (χ0) is 27.2. The van der Waals surface area contributed by atoms with E-state index in [2.05, 4.69) is 36.6 Å². The molecule has 1 saturated carbocycles. The largest absolute Gasteiger partial charge is 0.474 e. The molecule has 13 heteroatoms. The SMILES string of the molecule is [NH3+][C@@H]1CCCC[C@@H]1NC1CC2CNC(=O)C2C(NC2CC(C3CSC4C(=O)C=C(N5CCOCC5)OC43)NS2)N1. The van der Waals surface area contributed by atoms with Crippen LogP contribution in [0.4, 0.5) is 0 Å². The first-order chi connectivity index (χ1) is 19.5. The number of hydrogen-bond acceptors (Lipinski definition) is 11. The zero-order valence-electron chi connectivity index (χ0n) is 23.0. The standard InChI is InChI=1S/C27H43N7O4S2/c28-16-3-1-2-4-17(16)30-20-9-14-12-29-27(36)23(14)26(31-20)32-21-10-18(33-40-21)15-13-39-25-19(35)11-22(38-24(15)25)34-5-7-37-8-6-34/h11,14-18,20-21,23-26,30-33H,1-10,12-13,28H2,(H,29,36)/p+1/t14?,15?,16-,17+,18?,20?,21?,23?,24?,25?,26?/m1/s1. The molecule has 6 fully saturated rings. The number of ketones is 1. The number of rotatable bonds is 6. The van der Waals surface area contributed by atoms with Crippen LogP contribution in [0.5, 0.6) is 0 Å². The molecule has 6 heterocycles. The molecule has 0 bridgehead atoms. The van der Waals surface area contributed by atoms with Gasteiger partial charge >= 0.3 is 0 Å². The summed E-state index contributed by atoms with van der Waals surface area (Å²) < 4.78 is 15.7. The van der Waals surface area contributed by atoms with Crippen LogP contribution in [0.15, 0.2) is 12.0 Å². The minimum absolute atomic E-state index is 0.0634. The summed E-state index contributed by atoms with van der Waals surface area (Å²) in [4.78, 5) is 28.0. The molecule has 7 rings (SSSR count). The Bertz CT molecular complexity index is 1000. The molecule has 0 radical (unpaired) electrons. The number of ether oxygens (including phenoxy) is 2. The van der Waals surface area contributed by atoms with Crippen LogP contribution in [0.3, 0.4) is 0 Å². The second-order valence-electron chi connectivity index (χ2n) is 12.5. The first-order valence-electron chi connectivity index (χ1n) is 15.2. The molecule has 11 atom stereocenters. The van der Waals surface area contributed by atoms with E-state index in [4.69, 9.17) is 9.47 Å². The number of nitrogens with zero attached hydrogens (tertiary/aromatic N) is 1. The molecule has 0 aromatic rings. The van der Waals surface area contributed by atoms with Crippen molar-refractivity contribution in [2.45, 2.75) is 85.7 Å². The number of carbonyl (C=O) groups is 2. The molecule has 6 aliphatic heterocycles. The Morgan fingerprint density at radius 2 is 1.95 bits per heavy atom. The third-order valence-electron chi connectivity index (χ3n) is 9.98. The van der Waals surface area contributed by atoms with E-state index in [0.717, 1.165) is 38.2 Å². The highest BCUT2D eigenvalue weighted by molar-refractivity contribution is 8.01. The van der Waals surface area contributed by atoms with Gasteiger partial charge in [0, 0.05) is 49.8 Å². The minimum Gasteiger partial charge on any atom is -0.474 e. The summed E-state index contributed by atoms with van der Waals surface area (Å²) in [5.74, 6) is 2.46. The number of allylic oxidation sites excluding steroid dienone is 1. The highest BCUT2D eigenvalue weighted by Gasteiger charge is 2.51. The van der Waals surface area contributed by atoms with Crippen LogP contribution in [0.25, 0.3) is 0 Å². The Hall–Kier alpha value is -1.06. The van der Waals surface area contributed by atoms with E-state index in [-0.39, 0.29) is 58.6 Å². The van der Waals surface area contributed by atoms with Crippen molar-refractivity contribution < 1.29 is 24.8 Å². The number of carbonyl (C=O) groups excluding carboxylic acids is 2. The van der Waals surface area contributed by atoms with E-state index in [0.29, 0.717) is 37.1 Å². The van der Waals surface area contributed by atoms with E-state index < -0.39 is 0 Å². The van der Waals surface area contributed by atoms with Crippen molar-refractivity contribution in [2.24, 2.45) is 17.8 Å². The Morgan fingerprint density at radius 3 is 2.80 bits per heavy atom. The van der Waals surface area contributed by atoms with Crippen LogP contribution in [-0.4, -0.2) is 102 Å². The number of piperidine rings is 1. The molecular formula is C27H44N7O4S2+. The van der Waals surface area contributed by atoms with Gasteiger partial charge in [-0.2, -0.15) is 0 Å². The van der Waals surface area contributed by atoms with Gasteiger partial charge in [-0.3, -0.25) is 30.3 Å². The lowest BCUT2D eigenvalue weighted by Crippen LogP contribution is -2.73. The Kier molecular flexibility index (Phi) is 8.26. The van der Waals surface area contributed by atoms with Crippen molar-refractivity contribution in [3.05, 3.63) is 12.0 Å². The van der Waals surface area contributed by atoms with Gasteiger partial charge in [-0.15, -0.1) is 11.8 Å². The fraction of sp³-hybridized carbons (Fsp3) is 0.852. The topological polar surface area (TPSA) is 144 Å². The zero-order valence-corrected chi connectivity index (χ0v) is 24.7. The molecular weight excluding hydrogens is 550 g/mol. The predicted molar refractivity (Wildman–Crippen MR) is 154 cm³/mol. The third kappa shape index (κ3) is 5.52. The van der Waals surface area contributed by atoms with E-state index in [1.54, 1.807) is 29.8 Å². The minimum atomic E-state index is -0.125. The van der Waals surface area contributed by atoms with Crippen molar-refractivity contribution in [1.29, 1.82) is 0 Å². The van der Waals surface area contributed by atoms with Crippen molar-refractivity contribution in [3.63, 3.8) is 0 Å². The van der Waals surface area contributed by atoms with Gasteiger partial charge in [-0.1, -0.05) is 18.4 Å². The summed E-state index contributed by atoms with van der Waals surface area (Å²) in [5, 5.41) is 14.6. The average Bonchev–Trinajstić information content (AvgIpc) is 3.69. The Balaban J connectivity index is 0.985. The smallest absolute Gasteiger partial charge is 0.226 e. The maximum atomic E-state index is 13.0. The summed E-state index contributed by atoms with van der Waals surface area (Å²) in [6.45, 7) is 3.60. The number of morpholine rings is 1. The van der Waals surface area contributed by atoms with Crippen LogP contribution >= 0.6 is 23.7 Å². The van der Waals surface area contributed by atoms with Gasteiger partial charge in [0.2, 0.25) is 5.91 Å². The monoisotopic (exact) mass is 594 g/mol.